The van der Waals surface area contributed by atoms with Gasteiger partial charge in [-0.25, -0.2) is 4.39 Å². The lowest BCUT2D eigenvalue weighted by Gasteiger charge is -2.40. The molecule has 0 spiro atoms. The quantitative estimate of drug-likeness (QED) is 0.195. The number of hydrogen-bond donors (Lipinski definition) is 2. The van der Waals surface area contributed by atoms with Crippen LogP contribution in [0.15, 0.2) is 103 Å². The van der Waals surface area contributed by atoms with Crippen molar-refractivity contribution in [2.75, 3.05) is 37.7 Å². The largest absolute Gasteiger partial charge is 0.508 e. The Balaban J connectivity index is 0.00000435. The van der Waals surface area contributed by atoms with Crippen LogP contribution in [0.2, 0.25) is 0 Å². The van der Waals surface area contributed by atoms with Gasteiger partial charge in [-0.3, -0.25) is 19.4 Å². The molecule has 8 rings (SSSR count). The number of para-hydroxylation sites is 1. The van der Waals surface area contributed by atoms with Gasteiger partial charge in [-0.1, -0.05) is 42.5 Å². The number of morpholine rings is 1. The van der Waals surface area contributed by atoms with Gasteiger partial charge in [0.05, 0.1) is 24.9 Å². The lowest BCUT2D eigenvalue weighted by atomic mass is 9.92. The molecule has 0 saturated carbocycles. The number of phenolic OH excluding ortho intramolecular Hbond substituents is 1. The molecule has 3 aliphatic rings. The number of phenols is 1. The summed E-state index contributed by atoms with van der Waals surface area (Å²) in [6, 6.07) is 29.7. The van der Waals surface area contributed by atoms with E-state index in [0.29, 0.717) is 85.1 Å². The van der Waals surface area contributed by atoms with Gasteiger partial charge in [0.2, 0.25) is 0 Å². The second kappa shape index (κ2) is 15.5. The van der Waals surface area contributed by atoms with Crippen LogP contribution in [0.5, 0.6) is 5.75 Å². The molecule has 1 fully saturated rings. The van der Waals surface area contributed by atoms with Gasteiger partial charge < -0.3 is 24.4 Å². The highest BCUT2D eigenvalue weighted by atomic mass is 35.5. The number of amides is 2. The van der Waals surface area contributed by atoms with Gasteiger partial charge in [-0.2, -0.15) is 0 Å². The molecule has 11 heteroatoms. The Morgan fingerprint density at radius 3 is 2.26 bits per heavy atom. The molecule has 0 aliphatic carbocycles. The lowest BCUT2D eigenvalue weighted by Crippen LogP contribution is -2.52. The maximum absolute atomic E-state index is 15.3. The van der Waals surface area contributed by atoms with E-state index in [1.165, 1.54) is 29.8 Å². The van der Waals surface area contributed by atoms with Gasteiger partial charge in [0.15, 0.2) is 0 Å². The lowest BCUT2D eigenvalue weighted by molar-refractivity contribution is 0.0193. The molecule has 2 amide bonds. The summed E-state index contributed by atoms with van der Waals surface area (Å²) in [5.41, 5.74) is 5.77. The average Bonchev–Trinajstić information content (AvgIpc) is 3.54. The van der Waals surface area contributed by atoms with Crippen molar-refractivity contribution in [2.24, 2.45) is 0 Å². The molecule has 1 unspecified atom stereocenters. The van der Waals surface area contributed by atoms with E-state index in [-0.39, 0.29) is 42.4 Å². The van der Waals surface area contributed by atoms with E-state index >= 15 is 4.39 Å². The van der Waals surface area contributed by atoms with Crippen LogP contribution >= 0.6 is 12.4 Å². The molecule has 3 aliphatic heterocycles. The van der Waals surface area contributed by atoms with Gasteiger partial charge in [-0.15, -0.1) is 12.4 Å². The number of aromatic hydroxyl groups is 1. The van der Waals surface area contributed by atoms with Crippen molar-refractivity contribution < 1.29 is 28.9 Å². The summed E-state index contributed by atoms with van der Waals surface area (Å²) in [4.78, 5) is 35.4. The van der Waals surface area contributed by atoms with Crippen molar-refractivity contribution in [3.8, 4) is 17.0 Å². The summed E-state index contributed by atoms with van der Waals surface area (Å²) in [5, 5.41) is 20.9. The first kappa shape index (κ1) is 36.4. The first-order chi connectivity index (χ1) is 25.3. The standard InChI is InChI=1S/C42H41FN4O5.ClH/c43-30-10-15-36(41(50)46-26-29-7-5-4-6-28(29)22-33(46)27-44-18-20-52-21-19-44)37(23-30)40-25-38(39-24-35(49)16-17-45(39)40)42(51)47(31-8-2-1-3-9-31)32-11-13-34(48)14-12-32;/h1-15,23,25,33,35,48-49H,16-22,24,26-27H2;1H/t33-,35?;/m0./s1. The topological polar surface area (TPSA) is 98.5 Å². The number of ether oxygens (including phenoxy) is 1. The van der Waals surface area contributed by atoms with Crippen LogP contribution in [0.25, 0.3) is 11.3 Å². The van der Waals surface area contributed by atoms with Crippen LogP contribution in [0.4, 0.5) is 15.8 Å². The Kier molecular flexibility index (Phi) is 10.7. The first-order valence-corrected chi connectivity index (χ1v) is 17.9. The first-order valence-electron chi connectivity index (χ1n) is 17.9. The fraction of sp³-hybridized carbons (Fsp3) is 0.286. The third-order valence-electron chi connectivity index (χ3n) is 10.6. The number of anilines is 2. The van der Waals surface area contributed by atoms with E-state index in [4.69, 9.17) is 4.74 Å². The van der Waals surface area contributed by atoms with Crippen LogP contribution in [0.3, 0.4) is 0 Å². The zero-order chi connectivity index (χ0) is 35.8. The van der Waals surface area contributed by atoms with E-state index in [9.17, 15) is 19.8 Å². The van der Waals surface area contributed by atoms with E-state index in [2.05, 4.69) is 17.0 Å². The van der Waals surface area contributed by atoms with Crippen molar-refractivity contribution in [1.82, 2.24) is 14.4 Å². The van der Waals surface area contributed by atoms with Crippen LogP contribution in [-0.4, -0.2) is 81.4 Å². The third-order valence-corrected chi connectivity index (χ3v) is 10.6. The molecule has 1 saturated heterocycles. The number of carbonyl (C=O) groups excluding carboxylic acids is 2. The van der Waals surface area contributed by atoms with Crippen LogP contribution in [-0.2, 0) is 30.7 Å². The van der Waals surface area contributed by atoms with Crippen molar-refractivity contribution in [1.29, 1.82) is 0 Å². The van der Waals surface area contributed by atoms with Gasteiger partial charge >= 0.3 is 0 Å². The zero-order valence-electron chi connectivity index (χ0n) is 29.2. The highest BCUT2D eigenvalue weighted by Crippen LogP contribution is 2.38. The molecule has 9 nitrogen and oxygen atoms in total. The molecule has 0 bridgehead atoms. The van der Waals surface area contributed by atoms with Gasteiger partial charge in [-0.05, 0) is 84.6 Å². The molecule has 5 aromatic rings. The number of aliphatic hydroxyl groups excluding tert-OH is 1. The number of halogens is 2. The number of rotatable bonds is 7. The molecule has 53 heavy (non-hydrogen) atoms. The number of benzene rings is 4. The Bertz CT molecular complexity index is 2100. The van der Waals surface area contributed by atoms with Crippen molar-refractivity contribution in [2.45, 2.75) is 44.5 Å². The summed E-state index contributed by atoms with van der Waals surface area (Å²) >= 11 is 0. The highest BCUT2D eigenvalue weighted by molar-refractivity contribution is 6.12. The fourth-order valence-corrected chi connectivity index (χ4v) is 7.90. The molecular weight excluding hydrogens is 695 g/mol. The van der Waals surface area contributed by atoms with E-state index < -0.39 is 11.9 Å². The minimum Gasteiger partial charge on any atom is -0.508 e. The number of carbonyl (C=O) groups is 2. The average molecular weight is 737 g/mol. The molecule has 1 aromatic heterocycles. The Labute approximate surface area is 314 Å². The number of nitrogens with zero attached hydrogens (tertiary/aromatic N) is 4. The predicted octanol–water partition coefficient (Wildman–Crippen LogP) is 6.61. The van der Waals surface area contributed by atoms with E-state index in [1.807, 2.05) is 51.9 Å². The molecule has 4 heterocycles. The summed E-state index contributed by atoms with van der Waals surface area (Å²) in [6.45, 7) is 4.43. The third kappa shape index (κ3) is 7.32. The molecule has 4 aromatic carbocycles. The predicted molar refractivity (Wildman–Crippen MR) is 203 cm³/mol. The minimum absolute atomic E-state index is 0. The second-order valence-electron chi connectivity index (χ2n) is 13.8. The number of fused-ring (bicyclic) bond motifs is 2. The highest BCUT2D eigenvalue weighted by Gasteiger charge is 2.35. The van der Waals surface area contributed by atoms with Crippen LogP contribution < -0.4 is 4.90 Å². The zero-order valence-corrected chi connectivity index (χ0v) is 30.1. The van der Waals surface area contributed by atoms with Crippen LogP contribution in [0.1, 0.15) is 44.0 Å². The summed E-state index contributed by atoms with van der Waals surface area (Å²) in [7, 11) is 0. The van der Waals surface area contributed by atoms with Crippen LogP contribution in [0, 0.1) is 5.82 Å². The molecule has 0 radical (unpaired) electrons. The van der Waals surface area contributed by atoms with Gasteiger partial charge in [0.25, 0.3) is 11.8 Å². The van der Waals surface area contributed by atoms with Crippen molar-refractivity contribution in [3.05, 3.63) is 137 Å². The molecule has 274 valence electrons. The molecular formula is C42H42ClFN4O5. The minimum atomic E-state index is -0.663. The SMILES string of the molecule is Cl.O=C(c1cc(-c2cc(F)ccc2C(=O)N2Cc3ccccc3C[C@H]2CN2CCOCC2)n2c1CC(O)CC2)N(c1ccccc1)c1ccc(O)cc1. The second-order valence-corrected chi connectivity index (χ2v) is 13.8. The van der Waals surface area contributed by atoms with Gasteiger partial charge in [0, 0.05) is 79.1 Å². The maximum atomic E-state index is 15.3. The normalized spacial score (nSPS) is 18.4. The number of aromatic nitrogens is 1. The Hall–Kier alpha value is -5.00. The Morgan fingerprint density at radius 2 is 1.51 bits per heavy atom. The van der Waals surface area contributed by atoms with E-state index in [1.54, 1.807) is 29.2 Å². The summed E-state index contributed by atoms with van der Waals surface area (Å²) in [5.74, 6) is -0.959. The fourth-order valence-electron chi connectivity index (χ4n) is 7.90. The van der Waals surface area contributed by atoms with E-state index in [0.717, 1.165) is 18.7 Å². The van der Waals surface area contributed by atoms with Gasteiger partial charge in [0.1, 0.15) is 11.6 Å². The molecule has 2 N–H and O–H groups in total. The van der Waals surface area contributed by atoms with Crippen molar-refractivity contribution >= 4 is 35.6 Å². The summed E-state index contributed by atoms with van der Waals surface area (Å²) < 4.78 is 22.8. The summed E-state index contributed by atoms with van der Waals surface area (Å²) in [6.07, 6.45) is 0.719. The Morgan fingerprint density at radius 1 is 0.811 bits per heavy atom. The maximum Gasteiger partial charge on any atom is 0.264 e. The molecule has 2 atom stereocenters. The van der Waals surface area contributed by atoms with Crippen molar-refractivity contribution in [3.63, 3.8) is 0 Å². The smallest absolute Gasteiger partial charge is 0.264 e. The number of aliphatic hydroxyl groups is 1. The monoisotopic (exact) mass is 736 g/mol. The number of hydrogen-bond acceptors (Lipinski definition) is 6.